The first kappa shape index (κ1) is 43.5. The predicted molar refractivity (Wildman–Crippen MR) is 197 cm³/mol. The molecule has 3 rings (SSSR count). The minimum Gasteiger partial charge on any atom is -0.494 e. The van der Waals surface area contributed by atoms with E-state index in [2.05, 4.69) is 16.9 Å². The van der Waals surface area contributed by atoms with Gasteiger partial charge in [0.1, 0.15) is 29.8 Å². The number of nitrogens with zero attached hydrogens (tertiary/aromatic N) is 2. The Kier molecular flexibility index (Phi) is 23.2. The number of hydrogen-bond donors (Lipinski definition) is 2. The molecule has 0 fully saturated rings. The summed E-state index contributed by atoms with van der Waals surface area (Å²) in [6.45, 7) is 22.8. The van der Waals surface area contributed by atoms with Crippen LogP contribution in [0.5, 0.6) is 5.75 Å². The lowest BCUT2D eigenvalue weighted by Gasteiger charge is -2.25. The Morgan fingerprint density at radius 3 is 2.23 bits per heavy atom. The monoisotopic (exact) mass is 666 g/mol. The molecule has 2 aromatic carbocycles. The molecule has 264 valence electrons. The van der Waals surface area contributed by atoms with Crippen molar-refractivity contribution in [2.24, 2.45) is 11.7 Å². The minimum atomic E-state index is -0.358. The number of pyridine rings is 1. The average molecular weight is 667 g/mol. The molecule has 3 N–H and O–H groups in total. The van der Waals surface area contributed by atoms with Gasteiger partial charge in [0.05, 0.1) is 18.8 Å². The Hall–Kier alpha value is -4.50. The van der Waals surface area contributed by atoms with Crippen LogP contribution in [0.1, 0.15) is 61.0 Å². The Morgan fingerprint density at radius 2 is 1.67 bits per heavy atom. The lowest BCUT2D eigenvalue weighted by Crippen LogP contribution is -2.35. The topological polar surface area (TPSA) is 89.7 Å². The molecule has 48 heavy (non-hydrogen) atoms. The molecule has 1 amide bonds. The Balaban J connectivity index is 0.000000843. The Labute approximate surface area is 287 Å². The summed E-state index contributed by atoms with van der Waals surface area (Å²) < 4.78 is 37.7. The first-order valence-electron chi connectivity index (χ1n) is 16.4. The molecule has 1 heterocycles. The second kappa shape index (κ2) is 25.6. The number of benzene rings is 2. The number of nitrogens with one attached hydrogen (secondary N) is 1. The maximum atomic E-state index is 13.4. The quantitative estimate of drug-likeness (QED) is 0.132. The number of amides is 1. The molecular weight excluding hydrogens is 610 g/mol. The van der Waals surface area contributed by atoms with E-state index in [1.54, 1.807) is 47.6 Å². The van der Waals surface area contributed by atoms with Crippen LogP contribution in [0.25, 0.3) is 0 Å². The van der Waals surface area contributed by atoms with Crippen molar-refractivity contribution in [2.45, 2.75) is 68.4 Å². The molecule has 3 aromatic rings. The van der Waals surface area contributed by atoms with Crippen molar-refractivity contribution in [1.82, 2.24) is 4.98 Å². The first-order valence-corrected chi connectivity index (χ1v) is 16.4. The molecule has 0 saturated heterocycles. The molecule has 0 spiro atoms. The minimum absolute atomic E-state index is 0.0876. The average Bonchev–Trinajstić information content (AvgIpc) is 3.09. The Morgan fingerprint density at radius 1 is 1.02 bits per heavy atom. The third kappa shape index (κ3) is 18.6. The lowest BCUT2D eigenvalue weighted by molar-refractivity contribution is -0.116. The fourth-order valence-electron chi connectivity index (χ4n) is 3.87. The zero-order chi connectivity index (χ0) is 36.5. The standard InChI is InChI=1S/C20H26FNO2.C15H18FN3O.2C2H6/c1-6-15(3)11-20(7-2)24-14-16(4)13-22(17(5)23)19-10-8-9-18(21)12-19;1-11-5-15(9-18-7-11)20-10-13(17)8-19-14-4-2-3-12(16)6-14;2*1-2/h6-12,16H,1,13-14H2,2-5H3;2-7,9,13,19H,8,10,17H2,1H3;2*1-2H3/b15-11-,20-7+;;;. The SMILES string of the molecule is C=C/C(C)=C\C(=C/C)OCC(C)CN(C(C)=O)c1cccc(F)c1.CC.CC.Cc1cncc(OCC(N)CNc2cccc(F)c2)c1. The lowest BCUT2D eigenvalue weighted by atomic mass is 10.1. The molecule has 1 aromatic heterocycles. The van der Waals surface area contributed by atoms with Gasteiger partial charge >= 0.3 is 0 Å². The zero-order valence-electron chi connectivity index (χ0n) is 30.2. The summed E-state index contributed by atoms with van der Waals surface area (Å²) in [7, 11) is 0. The zero-order valence-corrected chi connectivity index (χ0v) is 30.2. The van der Waals surface area contributed by atoms with Crippen molar-refractivity contribution in [2.75, 3.05) is 36.5 Å². The van der Waals surface area contributed by atoms with Gasteiger partial charge < -0.3 is 25.4 Å². The highest BCUT2D eigenvalue weighted by Crippen LogP contribution is 2.18. The highest BCUT2D eigenvalue weighted by Gasteiger charge is 2.16. The van der Waals surface area contributed by atoms with Crippen molar-refractivity contribution in [3.05, 3.63) is 120 Å². The number of nitrogens with two attached hydrogens (primary N) is 1. The maximum Gasteiger partial charge on any atom is 0.223 e. The smallest absolute Gasteiger partial charge is 0.223 e. The molecule has 0 aliphatic heterocycles. The van der Waals surface area contributed by atoms with Crippen LogP contribution < -0.4 is 20.7 Å². The summed E-state index contributed by atoms with van der Waals surface area (Å²) >= 11 is 0. The van der Waals surface area contributed by atoms with Gasteiger partial charge in [0.25, 0.3) is 0 Å². The van der Waals surface area contributed by atoms with Gasteiger partial charge in [0.15, 0.2) is 0 Å². The van der Waals surface area contributed by atoms with Gasteiger partial charge in [-0.25, -0.2) is 8.78 Å². The molecule has 2 atom stereocenters. The van der Waals surface area contributed by atoms with Gasteiger partial charge in [-0.15, -0.1) is 0 Å². The van der Waals surface area contributed by atoms with E-state index in [1.807, 2.05) is 73.6 Å². The summed E-state index contributed by atoms with van der Waals surface area (Å²) in [5.41, 5.74) is 9.26. The number of aromatic nitrogens is 1. The highest BCUT2D eigenvalue weighted by molar-refractivity contribution is 5.91. The van der Waals surface area contributed by atoms with E-state index in [9.17, 15) is 13.6 Å². The van der Waals surface area contributed by atoms with E-state index in [-0.39, 0.29) is 29.5 Å². The molecule has 9 heteroatoms. The van der Waals surface area contributed by atoms with E-state index >= 15 is 0 Å². The van der Waals surface area contributed by atoms with Crippen molar-refractivity contribution in [3.8, 4) is 5.75 Å². The van der Waals surface area contributed by atoms with Gasteiger partial charge in [-0.05, 0) is 86.5 Å². The van der Waals surface area contributed by atoms with Crippen LogP contribution in [0, 0.1) is 24.5 Å². The van der Waals surface area contributed by atoms with Crippen molar-refractivity contribution >= 4 is 17.3 Å². The fraction of sp³-hybridized carbons (Fsp3) is 0.385. The summed E-state index contributed by atoms with van der Waals surface area (Å²) in [4.78, 5) is 17.5. The van der Waals surface area contributed by atoms with Crippen LogP contribution in [0.2, 0.25) is 0 Å². The number of rotatable bonds is 14. The number of hydrogen-bond acceptors (Lipinski definition) is 6. The summed E-state index contributed by atoms with van der Waals surface area (Å²) in [6, 6.07) is 14.0. The number of carbonyl (C=O) groups excluding carboxylic acids is 1. The number of allylic oxidation sites excluding steroid dienone is 4. The number of anilines is 2. The first-order chi connectivity index (χ1) is 23.0. The summed E-state index contributed by atoms with van der Waals surface area (Å²) in [6.07, 6.45) is 8.97. The predicted octanol–water partition coefficient (Wildman–Crippen LogP) is 9.27. The van der Waals surface area contributed by atoms with Crippen LogP contribution in [0.3, 0.4) is 0 Å². The van der Waals surface area contributed by atoms with E-state index in [4.69, 9.17) is 15.2 Å². The molecule has 0 saturated carbocycles. The molecule has 0 aliphatic rings. The van der Waals surface area contributed by atoms with Crippen LogP contribution in [-0.4, -0.2) is 43.2 Å². The second-order valence-corrected chi connectivity index (χ2v) is 10.5. The van der Waals surface area contributed by atoms with Crippen molar-refractivity contribution in [1.29, 1.82) is 0 Å². The molecule has 0 radical (unpaired) electrons. The fourth-order valence-corrected chi connectivity index (χ4v) is 3.87. The van der Waals surface area contributed by atoms with E-state index < -0.39 is 0 Å². The summed E-state index contributed by atoms with van der Waals surface area (Å²) in [5, 5.41) is 3.07. The van der Waals surface area contributed by atoms with Crippen LogP contribution in [0.15, 0.2) is 103 Å². The van der Waals surface area contributed by atoms with Crippen LogP contribution in [-0.2, 0) is 9.53 Å². The molecule has 7 nitrogen and oxygen atoms in total. The molecular formula is C39H56F2N4O3. The van der Waals surface area contributed by atoms with Crippen molar-refractivity contribution < 1.29 is 23.0 Å². The largest absolute Gasteiger partial charge is 0.494 e. The number of halogens is 2. The molecule has 0 bridgehead atoms. The van der Waals surface area contributed by atoms with Gasteiger partial charge in [0.2, 0.25) is 5.91 Å². The third-order valence-corrected chi connectivity index (χ3v) is 6.21. The van der Waals surface area contributed by atoms with Gasteiger partial charge in [0, 0.05) is 43.5 Å². The van der Waals surface area contributed by atoms with Crippen LogP contribution >= 0.6 is 0 Å². The van der Waals surface area contributed by atoms with Gasteiger partial charge in [-0.1, -0.05) is 59.4 Å². The van der Waals surface area contributed by atoms with Crippen molar-refractivity contribution in [3.63, 3.8) is 0 Å². The molecule has 0 aliphatic carbocycles. The van der Waals surface area contributed by atoms with Gasteiger partial charge in [-0.2, -0.15) is 0 Å². The molecule has 2 unspecified atom stereocenters. The van der Waals surface area contributed by atoms with E-state index in [1.165, 1.54) is 31.2 Å². The van der Waals surface area contributed by atoms with Gasteiger partial charge in [-0.3, -0.25) is 9.78 Å². The maximum absolute atomic E-state index is 13.4. The van der Waals surface area contributed by atoms with Crippen LogP contribution in [0.4, 0.5) is 20.2 Å². The highest BCUT2D eigenvalue weighted by atomic mass is 19.1. The number of aryl methyl sites for hydroxylation is 1. The normalized spacial score (nSPS) is 11.9. The Bertz CT molecular complexity index is 1360. The number of carbonyl (C=O) groups is 1. The van der Waals surface area contributed by atoms with E-state index in [0.717, 1.165) is 16.9 Å². The number of ether oxygens (including phenoxy) is 2. The van der Waals surface area contributed by atoms with E-state index in [0.29, 0.717) is 43.4 Å². The third-order valence-electron chi connectivity index (χ3n) is 6.21. The second-order valence-electron chi connectivity index (χ2n) is 10.5. The summed E-state index contributed by atoms with van der Waals surface area (Å²) in [5.74, 6) is 0.797.